The minimum Gasteiger partial charge on any atom is -0.383 e. The molecule has 0 aliphatic rings. The van der Waals surface area contributed by atoms with E-state index >= 15 is 0 Å². The topological polar surface area (TPSA) is 12.0 Å². The zero-order chi connectivity index (χ0) is 11.4. The van der Waals surface area contributed by atoms with Gasteiger partial charge in [0.15, 0.2) is 0 Å². The number of hydrogen-bond acceptors (Lipinski definition) is 2. The standard InChI is InChI=1S/C12H11Cl2NS/c13-10-2-1-3-11(12(10)14)15-6-4-9-5-7-16-8-9/h1-3,5,7-8,15H,4,6H2. The molecular weight excluding hydrogens is 261 g/mol. The molecule has 0 amide bonds. The van der Waals surface area contributed by atoms with Crippen LogP contribution in [0.25, 0.3) is 0 Å². The summed E-state index contributed by atoms with van der Waals surface area (Å²) in [7, 11) is 0. The molecule has 0 aliphatic carbocycles. The summed E-state index contributed by atoms with van der Waals surface area (Å²) in [5.41, 5.74) is 2.24. The maximum atomic E-state index is 6.06. The lowest BCUT2D eigenvalue weighted by atomic mass is 10.2. The average Bonchev–Trinajstić information content (AvgIpc) is 2.77. The van der Waals surface area contributed by atoms with Gasteiger partial charge in [-0.05, 0) is 40.9 Å². The summed E-state index contributed by atoms with van der Waals surface area (Å²) in [6.45, 7) is 0.858. The predicted molar refractivity (Wildman–Crippen MR) is 73.0 cm³/mol. The third kappa shape index (κ3) is 2.91. The molecule has 0 unspecified atom stereocenters. The maximum absolute atomic E-state index is 6.06. The molecule has 0 saturated carbocycles. The van der Waals surface area contributed by atoms with E-state index in [1.54, 1.807) is 17.4 Å². The fourth-order valence-electron chi connectivity index (χ4n) is 1.42. The van der Waals surface area contributed by atoms with Gasteiger partial charge in [-0.3, -0.25) is 0 Å². The minimum absolute atomic E-state index is 0.585. The van der Waals surface area contributed by atoms with E-state index in [0.29, 0.717) is 10.0 Å². The van der Waals surface area contributed by atoms with Crippen molar-refractivity contribution in [3.05, 3.63) is 50.6 Å². The summed E-state index contributed by atoms with van der Waals surface area (Å²) in [6, 6.07) is 7.74. The number of halogens is 2. The Morgan fingerprint density at radius 2 is 2.06 bits per heavy atom. The first-order chi connectivity index (χ1) is 7.77. The zero-order valence-electron chi connectivity index (χ0n) is 8.54. The number of hydrogen-bond donors (Lipinski definition) is 1. The van der Waals surface area contributed by atoms with Crippen molar-refractivity contribution in [3.8, 4) is 0 Å². The van der Waals surface area contributed by atoms with Crippen molar-refractivity contribution in [1.82, 2.24) is 0 Å². The van der Waals surface area contributed by atoms with Crippen LogP contribution in [0.1, 0.15) is 5.56 Å². The van der Waals surface area contributed by atoms with E-state index < -0.39 is 0 Å². The molecule has 16 heavy (non-hydrogen) atoms. The van der Waals surface area contributed by atoms with Crippen LogP contribution in [0.15, 0.2) is 35.0 Å². The molecule has 0 fully saturated rings. The van der Waals surface area contributed by atoms with Gasteiger partial charge in [-0.1, -0.05) is 29.3 Å². The Hall–Kier alpha value is -0.700. The quantitative estimate of drug-likeness (QED) is 0.849. The minimum atomic E-state index is 0.585. The summed E-state index contributed by atoms with van der Waals surface area (Å²) < 4.78 is 0. The van der Waals surface area contributed by atoms with Gasteiger partial charge in [-0.2, -0.15) is 11.3 Å². The Balaban J connectivity index is 1.92. The van der Waals surface area contributed by atoms with Gasteiger partial charge in [0, 0.05) is 6.54 Å². The van der Waals surface area contributed by atoms with Crippen LogP contribution in [-0.4, -0.2) is 6.54 Å². The molecule has 1 aromatic heterocycles. The summed E-state index contributed by atoms with van der Waals surface area (Å²) in [4.78, 5) is 0. The van der Waals surface area contributed by atoms with Gasteiger partial charge in [0.25, 0.3) is 0 Å². The number of anilines is 1. The summed E-state index contributed by atoms with van der Waals surface area (Å²) in [6.07, 6.45) is 0.992. The average molecular weight is 272 g/mol. The lowest BCUT2D eigenvalue weighted by Crippen LogP contribution is -2.04. The highest BCUT2D eigenvalue weighted by atomic mass is 35.5. The Kier molecular flexibility index (Phi) is 4.10. The summed E-state index contributed by atoms with van der Waals surface area (Å²) in [5, 5.41) is 8.70. The van der Waals surface area contributed by atoms with Crippen molar-refractivity contribution in [2.45, 2.75) is 6.42 Å². The first-order valence-electron chi connectivity index (χ1n) is 4.96. The van der Waals surface area contributed by atoms with Gasteiger partial charge in [0.1, 0.15) is 0 Å². The molecule has 0 saturated heterocycles. The lowest BCUT2D eigenvalue weighted by Gasteiger charge is -2.08. The van der Waals surface area contributed by atoms with E-state index in [-0.39, 0.29) is 0 Å². The molecule has 1 heterocycles. The molecule has 0 atom stereocenters. The second-order valence-corrected chi connectivity index (χ2v) is 4.97. The largest absolute Gasteiger partial charge is 0.383 e. The smallest absolute Gasteiger partial charge is 0.0823 e. The van der Waals surface area contributed by atoms with Gasteiger partial charge in [-0.15, -0.1) is 0 Å². The highest BCUT2D eigenvalue weighted by Crippen LogP contribution is 2.29. The molecule has 1 aromatic carbocycles. The Morgan fingerprint density at radius 1 is 1.19 bits per heavy atom. The van der Waals surface area contributed by atoms with Crippen LogP contribution in [-0.2, 0) is 6.42 Å². The van der Waals surface area contributed by atoms with Crippen molar-refractivity contribution in [1.29, 1.82) is 0 Å². The van der Waals surface area contributed by atoms with Crippen LogP contribution < -0.4 is 5.32 Å². The number of benzene rings is 1. The molecule has 0 aliphatic heterocycles. The van der Waals surface area contributed by atoms with E-state index in [0.717, 1.165) is 18.7 Å². The molecule has 0 spiro atoms. The van der Waals surface area contributed by atoms with Gasteiger partial charge in [0.05, 0.1) is 15.7 Å². The Labute approximate surface area is 109 Å². The second-order valence-electron chi connectivity index (χ2n) is 3.41. The second kappa shape index (κ2) is 5.58. The van der Waals surface area contributed by atoms with E-state index in [9.17, 15) is 0 Å². The molecule has 1 nitrogen and oxygen atoms in total. The van der Waals surface area contributed by atoms with Gasteiger partial charge in [0.2, 0.25) is 0 Å². The van der Waals surface area contributed by atoms with Crippen molar-refractivity contribution >= 4 is 40.2 Å². The van der Waals surface area contributed by atoms with Crippen LogP contribution >= 0.6 is 34.5 Å². The maximum Gasteiger partial charge on any atom is 0.0823 e. The van der Waals surface area contributed by atoms with E-state index in [1.165, 1.54) is 5.56 Å². The van der Waals surface area contributed by atoms with Crippen molar-refractivity contribution in [2.24, 2.45) is 0 Å². The molecule has 84 valence electrons. The molecule has 2 rings (SSSR count). The third-order valence-corrected chi connectivity index (χ3v) is 3.81. The van der Waals surface area contributed by atoms with Crippen LogP contribution in [0.3, 0.4) is 0 Å². The summed E-state index contributed by atoms with van der Waals surface area (Å²) >= 11 is 13.7. The first kappa shape index (κ1) is 11.8. The van der Waals surface area contributed by atoms with Crippen molar-refractivity contribution in [2.75, 3.05) is 11.9 Å². The number of rotatable bonds is 4. The highest BCUT2D eigenvalue weighted by Gasteiger charge is 2.03. The first-order valence-corrected chi connectivity index (χ1v) is 6.66. The fraction of sp³-hybridized carbons (Fsp3) is 0.167. The van der Waals surface area contributed by atoms with Crippen molar-refractivity contribution < 1.29 is 0 Å². The van der Waals surface area contributed by atoms with Gasteiger partial charge >= 0.3 is 0 Å². The van der Waals surface area contributed by atoms with Crippen molar-refractivity contribution in [3.63, 3.8) is 0 Å². The van der Waals surface area contributed by atoms with Crippen LogP contribution in [0.2, 0.25) is 10.0 Å². The SMILES string of the molecule is Clc1cccc(NCCc2ccsc2)c1Cl. The predicted octanol–water partition coefficient (Wildman–Crippen LogP) is 4.71. The van der Waals surface area contributed by atoms with E-state index in [2.05, 4.69) is 22.1 Å². The molecular formula is C12H11Cl2NS. The monoisotopic (exact) mass is 271 g/mol. The molecule has 2 aromatic rings. The third-order valence-electron chi connectivity index (χ3n) is 2.26. The van der Waals surface area contributed by atoms with Crippen LogP contribution in [0.5, 0.6) is 0 Å². The number of nitrogens with one attached hydrogen (secondary N) is 1. The molecule has 4 heteroatoms. The zero-order valence-corrected chi connectivity index (χ0v) is 10.9. The normalized spacial score (nSPS) is 10.4. The van der Waals surface area contributed by atoms with Gasteiger partial charge in [-0.25, -0.2) is 0 Å². The lowest BCUT2D eigenvalue weighted by molar-refractivity contribution is 1.03. The van der Waals surface area contributed by atoms with Crippen LogP contribution in [0, 0.1) is 0 Å². The Morgan fingerprint density at radius 3 is 2.81 bits per heavy atom. The van der Waals surface area contributed by atoms with Crippen LogP contribution in [0.4, 0.5) is 5.69 Å². The Bertz CT molecular complexity index is 454. The van der Waals surface area contributed by atoms with E-state index in [1.807, 2.05) is 12.1 Å². The molecule has 1 N–H and O–H groups in total. The summed E-state index contributed by atoms with van der Waals surface area (Å²) in [5.74, 6) is 0. The molecule has 0 radical (unpaired) electrons. The fourth-order valence-corrected chi connectivity index (χ4v) is 2.49. The number of thiophene rings is 1. The highest BCUT2D eigenvalue weighted by molar-refractivity contribution is 7.07. The molecule has 0 bridgehead atoms. The van der Waals surface area contributed by atoms with E-state index in [4.69, 9.17) is 23.2 Å². The van der Waals surface area contributed by atoms with Gasteiger partial charge < -0.3 is 5.32 Å².